The average Bonchev–Trinajstić information content (AvgIpc) is 3.57. The predicted molar refractivity (Wildman–Crippen MR) is 128 cm³/mol. The van der Waals surface area contributed by atoms with Crippen LogP contribution in [0, 0.1) is 0 Å². The third-order valence-corrected chi connectivity index (χ3v) is 6.56. The average molecular weight is 443 g/mol. The van der Waals surface area contributed by atoms with Crippen molar-refractivity contribution in [2.75, 3.05) is 39.3 Å². The van der Waals surface area contributed by atoms with E-state index >= 15 is 0 Å². The second-order valence-electron chi connectivity index (χ2n) is 8.75. The fraction of sp³-hybridized carbons (Fsp3) is 0.320. The molecule has 2 N–H and O–H groups in total. The fourth-order valence-electron chi connectivity index (χ4n) is 4.75. The second-order valence-corrected chi connectivity index (χ2v) is 8.75. The molecule has 168 valence electrons. The first-order valence-electron chi connectivity index (χ1n) is 11.4. The van der Waals surface area contributed by atoms with Crippen molar-refractivity contribution in [3.05, 3.63) is 53.6 Å². The topological polar surface area (TPSA) is 89.6 Å². The summed E-state index contributed by atoms with van der Waals surface area (Å²) in [5.74, 6) is 0.868. The number of fused-ring (bicyclic) bond motifs is 2. The van der Waals surface area contributed by atoms with Gasteiger partial charge in [0.05, 0.1) is 17.8 Å². The van der Waals surface area contributed by atoms with E-state index in [1.54, 1.807) is 6.92 Å². The molecule has 33 heavy (non-hydrogen) atoms. The number of piperazine rings is 1. The number of H-pyrrole nitrogens is 2. The van der Waals surface area contributed by atoms with Crippen LogP contribution in [0.25, 0.3) is 33.2 Å². The summed E-state index contributed by atoms with van der Waals surface area (Å²) in [6.07, 6.45) is 0. The standard InChI is InChI=1S/C25H26N6O2/c1-16(32)31-9-7-30(8-10-31)15-17-2-5-21-19(12-17)14-23(27-21)24-20-4-3-18(13-22(20)28-29-24)25-26-6-11-33-25/h2-5,12-14,27H,6-11,15H2,1H3,(H,28,29). The molecule has 1 saturated heterocycles. The summed E-state index contributed by atoms with van der Waals surface area (Å²) < 4.78 is 5.59. The number of nitrogens with zero attached hydrogens (tertiary/aromatic N) is 4. The van der Waals surface area contributed by atoms with Crippen LogP contribution in [0.1, 0.15) is 18.1 Å². The number of hydrogen-bond acceptors (Lipinski definition) is 5. The molecule has 0 bridgehead atoms. The smallest absolute Gasteiger partial charge is 0.219 e. The molecule has 2 aliphatic rings. The van der Waals surface area contributed by atoms with E-state index in [0.29, 0.717) is 19.0 Å². The normalized spacial score (nSPS) is 17.0. The molecule has 4 heterocycles. The number of carbonyl (C=O) groups excluding carboxylic acids is 1. The lowest BCUT2D eigenvalue weighted by molar-refractivity contribution is -0.130. The zero-order chi connectivity index (χ0) is 22.4. The Hall–Kier alpha value is -3.65. The summed E-state index contributed by atoms with van der Waals surface area (Å²) in [4.78, 5) is 23.8. The number of aromatic nitrogens is 3. The van der Waals surface area contributed by atoms with Gasteiger partial charge >= 0.3 is 0 Å². The van der Waals surface area contributed by atoms with Crippen LogP contribution in [-0.2, 0) is 16.1 Å². The van der Waals surface area contributed by atoms with Gasteiger partial charge in [0.2, 0.25) is 11.8 Å². The maximum absolute atomic E-state index is 11.6. The van der Waals surface area contributed by atoms with Crippen molar-refractivity contribution < 1.29 is 9.53 Å². The molecule has 0 aliphatic carbocycles. The van der Waals surface area contributed by atoms with Gasteiger partial charge in [-0.25, -0.2) is 4.99 Å². The van der Waals surface area contributed by atoms with Crippen molar-refractivity contribution in [2.45, 2.75) is 13.5 Å². The van der Waals surface area contributed by atoms with Crippen LogP contribution in [0.4, 0.5) is 0 Å². The van der Waals surface area contributed by atoms with Crippen LogP contribution in [0.2, 0.25) is 0 Å². The molecule has 0 atom stereocenters. The number of amides is 1. The van der Waals surface area contributed by atoms with E-state index in [2.05, 4.69) is 55.4 Å². The minimum Gasteiger partial charge on any atom is -0.476 e. The molecule has 0 spiro atoms. The highest BCUT2D eigenvalue weighted by molar-refractivity contribution is 6.01. The Morgan fingerprint density at radius 1 is 1.06 bits per heavy atom. The van der Waals surface area contributed by atoms with Crippen LogP contribution in [0.5, 0.6) is 0 Å². The highest BCUT2D eigenvalue weighted by Gasteiger charge is 2.19. The van der Waals surface area contributed by atoms with Crippen molar-refractivity contribution in [1.82, 2.24) is 25.0 Å². The van der Waals surface area contributed by atoms with Crippen LogP contribution >= 0.6 is 0 Å². The number of nitrogens with one attached hydrogen (secondary N) is 2. The van der Waals surface area contributed by atoms with Crippen LogP contribution in [0.15, 0.2) is 47.5 Å². The lowest BCUT2D eigenvalue weighted by Crippen LogP contribution is -2.47. The first-order chi connectivity index (χ1) is 16.1. The van der Waals surface area contributed by atoms with Crippen molar-refractivity contribution in [1.29, 1.82) is 0 Å². The Kier molecular flexibility index (Phi) is 4.87. The van der Waals surface area contributed by atoms with Gasteiger partial charge in [0.15, 0.2) is 0 Å². The number of ether oxygens (including phenoxy) is 1. The van der Waals surface area contributed by atoms with Gasteiger partial charge in [0, 0.05) is 61.5 Å². The van der Waals surface area contributed by atoms with Crippen LogP contribution in [0.3, 0.4) is 0 Å². The molecular formula is C25H26N6O2. The lowest BCUT2D eigenvalue weighted by Gasteiger charge is -2.34. The van der Waals surface area contributed by atoms with Gasteiger partial charge in [-0.15, -0.1) is 0 Å². The van der Waals surface area contributed by atoms with E-state index in [0.717, 1.165) is 66.1 Å². The number of benzene rings is 2. The van der Waals surface area contributed by atoms with Gasteiger partial charge in [0.25, 0.3) is 0 Å². The first-order valence-corrected chi connectivity index (χ1v) is 11.4. The number of carbonyl (C=O) groups is 1. The van der Waals surface area contributed by atoms with Crippen molar-refractivity contribution in [2.24, 2.45) is 4.99 Å². The third kappa shape index (κ3) is 3.76. The monoisotopic (exact) mass is 442 g/mol. The van der Waals surface area contributed by atoms with Gasteiger partial charge < -0.3 is 14.6 Å². The van der Waals surface area contributed by atoms with E-state index in [-0.39, 0.29) is 5.91 Å². The molecule has 2 aromatic carbocycles. The first kappa shape index (κ1) is 20.0. The lowest BCUT2D eigenvalue weighted by atomic mass is 10.1. The molecular weight excluding hydrogens is 416 g/mol. The van der Waals surface area contributed by atoms with Crippen molar-refractivity contribution in [3.8, 4) is 11.4 Å². The van der Waals surface area contributed by atoms with Crippen LogP contribution < -0.4 is 0 Å². The summed E-state index contributed by atoms with van der Waals surface area (Å²) in [6.45, 7) is 7.33. The molecule has 0 saturated carbocycles. The number of hydrogen-bond donors (Lipinski definition) is 2. The summed E-state index contributed by atoms with van der Waals surface area (Å²) in [5, 5.41) is 9.98. The van der Waals surface area contributed by atoms with E-state index in [9.17, 15) is 4.79 Å². The Morgan fingerprint density at radius 2 is 1.94 bits per heavy atom. The molecule has 1 amide bonds. The Balaban J connectivity index is 1.23. The SMILES string of the molecule is CC(=O)N1CCN(Cc2ccc3[nH]c(-c4n[nH]c5cc(C6=NCCO6)ccc45)cc3c2)CC1. The third-order valence-electron chi connectivity index (χ3n) is 6.56. The summed E-state index contributed by atoms with van der Waals surface area (Å²) in [5.41, 5.74) is 6.20. The van der Waals surface area contributed by atoms with E-state index < -0.39 is 0 Å². The van der Waals surface area contributed by atoms with E-state index in [1.165, 1.54) is 10.9 Å². The number of aliphatic imine (C=N–C) groups is 1. The summed E-state index contributed by atoms with van der Waals surface area (Å²) in [6, 6.07) is 14.9. The Bertz CT molecular complexity index is 1380. The maximum atomic E-state index is 11.6. The zero-order valence-corrected chi connectivity index (χ0v) is 18.6. The Morgan fingerprint density at radius 3 is 2.73 bits per heavy atom. The van der Waals surface area contributed by atoms with E-state index in [1.807, 2.05) is 17.0 Å². The van der Waals surface area contributed by atoms with Gasteiger partial charge in [0.1, 0.15) is 12.3 Å². The van der Waals surface area contributed by atoms with Gasteiger partial charge in [-0.05, 0) is 42.0 Å². The molecule has 6 rings (SSSR count). The van der Waals surface area contributed by atoms with Crippen LogP contribution in [-0.4, -0.2) is 76.1 Å². The summed E-state index contributed by atoms with van der Waals surface area (Å²) >= 11 is 0. The van der Waals surface area contributed by atoms with Crippen molar-refractivity contribution in [3.63, 3.8) is 0 Å². The zero-order valence-electron chi connectivity index (χ0n) is 18.6. The molecule has 0 unspecified atom stereocenters. The number of aromatic amines is 2. The highest BCUT2D eigenvalue weighted by Crippen LogP contribution is 2.30. The molecule has 2 aromatic heterocycles. The molecule has 2 aliphatic heterocycles. The van der Waals surface area contributed by atoms with Gasteiger partial charge in [-0.1, -0.05) is 6.07 Å². The quantitative estimate of drug-likeness (QED) is 0.508. The summed E-state index contributed by atoms with van der Waals surface area (Å²) in [7, 11) is 0. The minimum atomic E-state index is 0.165. The Labute approximate surface area is 191 Å². The largest absolute Gasteiger partial charge is 0.476 e. The molecule has 4 aromatic rings. The highest BCUT2D eigenvalue weighted by atomic mass is 16.5. The second kappa shape index (κ2) is 8.04. The van der Waals surface area contributed by atoms with Gasteiger partial charge in [-0.3, -0.25) is 14.8 Å². The molecule has 1 fully saturated rings. The van der Waals surface area contributed by atoms with Crippen molar-refractivity contribution >= 4 is 33.6 Å². The fourth-order valence-corrected chi connectivity index (χ4v) is 4.75. The van der Waals surface area contributed by atoms with Gasteiger partial charge in [-0.2, -0.15) is 5.10 Å². The molecule has 0 radical (unpaired) electrons. The maximum Gasteiger partial charge on any atom is 0.219 e. The van der Waals surface area contributed by atoms with E-state index in [4.69, 9.17) is 4.74 Å². The molecule has 8 nitrogen and oxygen atoms in total. The predicted octanol–water partition coefficient (Wildman–Crippen LogP) is 3.15. The molecule has 8 heteroatoms. The number of rotatable bonds is 4. The minimum absolute atomic E-state index is 0.165.